The van der Waals surface area contributed by atoms with E-state index in [0.717, 1.165) is 41.9 Å². The average molecular weight is 552 g/mol. The quantitative estimate of drug-likeness (QED) is 0.377. The fourth-order valence-electron chi connectivity index (χ4n) is 6.31. The molecule has 1 aliphatic carbocycles. The molecule has 0 radical (unpaired) electrons. The van der Waals surface area contributed by atoms with Crippen molar-refractivity contribution in [2.45, 2.75) is 65.8 Å². The first-order chi connectivity index (χ1) is 18.8. The number of ether oxygens (including phenoxy) is 3. The van der Waals surface area contributed by atoms with E-state index >= 15 is 4.39 Å². The third-order valence-electron chi connectivity index (χ3n) is 8.64. The number of rotatable bonds is 9. The summed E-state index contributed by atoms with van der Waals surface area (Å²) in [6, 6.07) is 5.64. The molecule has 1 saturated heterocycles. The van der Waals surface area contributed by atoms with Crippen molar-refractivity contribution < 1.29 is 23.4 Å². The molecule has 0 amide bonds. The van der Waals surface area contributed by atoms with E-state index in [4.69, 9.17) is 19.6 Å². The monoisotopic (exact) mass is 551 g/mol. The molecular weight excluding hydrogens is 509 g/mol. The van der Waals surface area contributed by atoms with E-state index in [2.05, 4.69) is 25.7 Å². The van der Waals surface area contributed by atoms with Gasteiger partial charge in [0.05, 0.1) is 43.7 Å². The largest absolute Gasteiger partial charge is 0.494 e. The number of carbonyl (C=O) groups is 1. The SMILES string of the molecule is CCOc1cc2c(c(F)c1OCC)C(=N)N(CC(=O)c1cc(N3CC4C[C@H]4C3)c(OC)c(C(C)(C)C)c1)C2(C)C. The van der Waals surface area contributed by atoms with Gasteiger partial charge in [-0.05, 0) is 75.1 Å². The molecular formula is C32H42FN3O4. The number of halogens is 1. The number of amidine groups is 1. The molecule has 2 aliphatic heterocycles. The second-order valence-corrected chi connectivity index (χ2v) is 12.7. The van der Waals surface area contributed by atoms with E-state index in [9.17, 15) is 4.79 Å². The lowest BCUT2D eigenvalue weighted by atomic mass is 9.84. The van der Waals surface area contributed by atoms with E-state index in [0.29, 0.717) is 23.5 Å². The Hall–Kier alpha value is -3.29. The number of benzene rings is 2. The summed E-state index contributed by atoms with van der Waals surface area (Å²) in [5.41, 5.74) is 2.22. The Morgan fingerprint density at radius 1 is 1.07 bits per heavy atom. The van der Waals surface area contributed by atoms with Crippen LogP contribution in [-0.2, 0) is 11.0 Å². The Kier molecular flexibility index (Phi) is 7.04. The third-order valence-corrected chi connectivity index (χ3v) is 8.64. The molecule has 3 aliphatic rings. The molecule has 2 atom stereocenters. The molecule has 1 N–H and O–H groups in total. The lowest BCUT2D eigenvalue weighted by Gasteiger charge is -2.34. The molecule has 2 aromatic carbocycles. The first-order valence-corrected chi connectivity index (χ1v) is 14.3. The van der Waals surface area contributed by atoms with Crippen LogP contribution in [0.1, 0.15) is 81.9 Å². The molecule has 5 rings (SSSR count). The average Bonchev–Trinajstić information content (AvgIpc) is 3.45. The zero-order chi connectivity index (χ0) is 29.1. The minimum absolute atomic E-state index is 0.00936. The zero-order valence-corrected chi connectivity index (χ0v) is 25.0. The first kappa shape index (κ1) is 28.2. The van der Waals surface area contributed by atoms with Crippen LogP contribution in [0.15, 0.2) is 18.2 Å². The van der Waals surface area contributed by atoms with Gasteiger partial charge in [0.1, 0.15) is 11.6 Å². The van der Waals surface area contributed by atoms with Gasteiger partial charge in [0.25, 0.3) is 0 Å². The second-order valence-electron chi connectivity index (χ2n) is 12.7. The van der Waals surface area contributed by atoms with Gasteiger partial charge in [-0.1, -0.05) is 20.8 Å². The maximum Gasteiger partial charge on any atom is 0.197 e. The summed E-state index contributed by atoms with van der Waals surface area (Å²) in [7, 11) is 1.69. The maximum absolute atomic E-state index is 15.8. The van der Waals surface area contributed by atoms with Crippen LogP contribution >= 0.6 is 0 Å². The van der Waals surface area contributed by atoms with Crippen molar-refractivity contribution in [3.05, 3.63) is 46.3 Å². The standard InChI is InChI=1S/C32H42FN3O4/c1-9-39-25-14-21-26(27(33)29(25)40-10-2)30(34)36(32(21,6)7)17-24(37)18-12-22(31(3,4)5)28(38-8)23(13-18)35-15-19-11-20(19)16-35/h12-14,19-20,34H,9-11,15-17H2,1-8H3/t19-,20?/m0/s1. The number of hydrogen-bond donors (Lipinski definition) is 1. The molecule has 0 aromatic heterocycles. The molecule has 216 valence electrons. The Bertz CT molecular complexity index is 1350. The van der Waals surface area contributed by atoms with Gasteiger partial charge in [0.2, 0.25) is 0 Å². The normalized spacial score (nSPS) is 20.9. The number of ketones is 1. The lowest BCUT2D eigenvalue weighted by molar-refractivity contribution is 0.0920. The molecule has 1 unspecified atom stereocenters. The third kappa shape index (κ3) is 4.59. The number of fused-ring (bicyclic) bond motifs is 2. The van der Waals surface area contributed by atoms with Gasteiger partial charge in [-0.2, -0.15) is 0 Å². The predicted molar refractivity (Wildman–Crippen MR) is 155 cm³/mol. The summed E-state index contributed by atoms with van der Waals surface area (Å²) in [6.45, 7) is 16.3. The summed E-state index contributed by atoms with van der Waals surface area (Å²) in [5.74, 6) is 1.82. The van der Waals surface area contributed by atoms with Crippen LogP contribution in [0.25, 0.3) is 0 Å². The number of nitrogens with one attached hydrogen (secondary N) is 1. The van der Waals surface area contributed by atoms with E-state index in [-0.39, 0.29) is 41.5 Å². The minimum atomic E-state index is -0.808. The zero-order valence-electron chi connectivity index (χ0n) is 25.0. The first-order valence-electron chi connectivity index (χ1n) is 14.3. The summed E-state index contributed by atoms with van der Waals surface area (Å²) < 4.78 is 33.1. The van der Waals surface area contributed by atoms with Gasteiger partial charge >= 0.3 is 0 Å². The van der Waals surface area contributed by atoms with Crippen molar-refractivity contribution >= 4 is 17.3 Å². The second kappa shape index (κ2) is 9.96. The van der Waals surface area contributed by atoms with Gasteiger partial charge in [-0.15, -0.1) is 0 Å². The van der Waals surface area contributed by atoms with Gasteiger partial charge in [-0.3, -0.25) is 10.2 Å². The molecule has 1 saturated carbocycles. The molecule has 40 heavy (non-hydrogen) atoms. The van der Waals surface area contributed by atoms with Crippen LogP contribution in [0.5, 0.6) is 17.2 Å². The number of piperidine rings is 1. The van der Waals surface area contributed by atoms with E-state index in [1.807, 2.05) is 32.9 Å². The maximum atomic E-state index is 15.8. The number of carbonyl (C=O) groups excluding carboxylic acids is 1. The summed E-state index contributed by atoms with van der Waals surface area (Å²) in [4.78, 5) is 18.0. The summed E-state index contributed by atoms with van der Waals surface area (Å²) >= 11 is 0. The molecule has 0 spiro atoms. The highest BCUT2D eigenvalue weighted by molar-refractivity contribution is 6.07. The Balaban J connectivity index is 1.52. The van der Waals surface area contributed by atoms with Crippen molar-refractivity contribution in [3.63, 3.8) is 0 Å². The molecule has 0 bridgehead atoms. The fraction of sp³-hybridized carbons (Fsp3) is 0.562. The van der Waals surface area contributed by atoms with Crippen molar-refractivity contribution in [2.24, 2.45) is 11.8 Å². The Morgan fingerprint density at radius 2 is 1.73 bits per heavy atom. The summed E-state index contributed by atoms with van der Waals surface area (Å²) in [6.07, 6.45) is 1.28. The number of anilines is 1. The predicted octanol–water partition coefficient (Wildman–Crippen LogP) is 6.14. The highest BCUT2D eigenvalue weighted by Gasteiger charge is 2.47. The van der Waals surface area contributed by atoms with Crippen molar-refractivity contribution in [3.8, 4) is 17.2 Å². The van der Waals surface area contributed by atoms with E-state index in [1.54, 1.807) is 25.0 Å². The number of methoxy groups -OCH3 is 1. The van der Waals surface area contributed by atoms with Crippen LogP contribution in [0.3, 0.4) is 0 Å². The van der Waals surface area contributed by atoms with Gasteiger partial charge in [0, 0.05) is 24.2 Å². The Morgan fingerprint density at radius 3 is 2.30 bits per heavy atom. The van der Waals surface area contributed by atoms with Crippen LogP contribution in [0, 0.1) is 23.1 Å². The topological polar surface area (TPSA) is 75.1 Å². The number of nitrogens with zero attached hydrogens (tertiary/aromatic N) is 2. The van der Waals surface area contributed by atoms with Crippen molar-refractivity contribution in [1.82, 2.24) is 4.90 Å². The molecule has 7 nitrogen and oxygen atoms in total. The summed E-state index contributed by atoms with van der Waals surface area (Å²) in [5, 5.41) is 8.96. The number of Topliss-reactive ketones (excluding diaryl/α,β-unsaturated/α-hetero) is 1. The van der Waals surface area contributed by atoms with Gasteiger partial charge in [0.15, 0.2) is 23.1 Å². The van der Waals surface area contributed by atoms with E-state index in [1.165, 1.54) is 6.42 Å². The molecule has 8 heteroatoms. The van der Waals surface area contributed by atoms with E-state index < -0.39 is 11.4 Å². The molecule has 2 fully saturated rings. The molecule has 2 heterocycles. The number of hydrogen-bond acceptors (Lipinski definition) is 6. The Labute approximate surface area is 237 Å². The van der Waals surface area contributed by atoms with Crippen LogP contribution in [-0.4, -0.2) is 56.5 Å². The fourth-order valence-corrected chi connectivity index (χ4v) is 6.31. The van der Waals surface area contributed by atoms with Crippen LogP contribution in [0.2, 0.25) is 0 Å². The minimum Gasteiger partial charge on any atom is -0.494 e. The van der Waals surface area contributed by atoms with Crippen LogP contribution < -0.4 is 19.1 Å². The van der Waals surface area contributed by atoms with Gasteiger partial charge < -0.3 is 24.0 Å². The smallest absolute Gasteiger partial charge is 0.197 e. The lowest BCUT2D eigenvalue weighted by Crippen LogP contribution is -2.42. The van der Waals surface area contributed by atoms with Crippen molar-refractivity contribution in [2.75, 3.05) is 44.9 Å². The van der Waals surface area contributed by atoms with Crippen LogP contribution in [0.4, 0.5) is 10.1 Å². The highest BCUT2D eigenvalue weighted by atomic mass is 19.1. The van der Waals surface area contributed by atoms with Crippen molar-refractivity contribution in [1.29, 1.82) is 5.41 Å². The highest BCUT2D eigenvalue weighted by Crippen LogP contribution is 2.50. The van der Waals surface area contributed by atoms with Gasteiger partial charge in [-0.25, -0.2) is 4.39 Å². The molecule has 2 aromatic rings.